The lowest BCUT2D eigenvalue weighted by Gasteiger charge is -2.23. The molecule has 1 aromatic rings. The SMILES string of the molecule is CC(NC(=O)c1ccn(C2CCCNC2)n1)C1CCCO1.Cl. The minimum atomic E-state index is -0.111. The molecule has 2 aliphatic rings. The lowest BCUT2D eigenvalue weighted by atomic mass is 10.1. The Balaban J connectivity index is 0.00000176. The van der Waals surface area contributed by atoms with Crippen molar-refractivity contribution >= 4 is 18.3 Å². The highest BCUT2D eigenvalue weighted by Crippen LogP contribution is 2.17. The maximum absolute atomic E-state index is 12.2. The van der Waals surface area contributed by atoms with Crippen molar-refractivity contribution in [2.75, 3.05) is 19.7 Å². The summed E-state index contributed by atoms with van der Waals surface area (Å²) in [7, 11) is 0. The Hall–Kier alpha value is -1.11. The number of carbonyl (C=O) groups excluding carboxylic acids is 1. The number of hydrogen-bond acceptors (Lipinski definition) is 4. The van der Waals surface area contributed by atoms with Crippen LogP contribution in [0.25, 0.3) is 0 Å². The second-order valence-corrected chi connectivity index (χ2v) is 5.99. The van der Waals surface area contributed by atoms with Crippen molar-refractivity contribution in [3.8, 4) is 0 Å². The topological polar surface area (TPSA) is 68.2 Å². The summed E-state index contributed by atoms with van der Waals surface area (Å²) in [5.41, 5.74) is 0.491. The van der Waals surface area contributed by atoms with Crippen molar-refractivity contribution < 1.29 is 9.53 Å². The van der Waals surface area contributed by atoms with E-state index in [-0.39, 0.29) is 30.5 Å². The van der Waals surface area contributed by atoms with Gasteiger partial charge in [-0.05, 0) is 45.2 Å². The molecular weight excluding hydrogens is 304 g/mol. The van der Waals surface area contributed by atoms with Crippen LogP contribution in [0.5, 0.6) is 0 Å². The first-order chi connectivity index (χ1) is 10.2. The van der Waals surface area contributed by atoms with Crippen LogP contribution < -0.4 is 10.6 Å². The van der Waals surface area contributed by atoms with Crippen LogP contribution in [0.15, 0.2) is 12.3 Å². The summed E-state index contributed by atoms with van der Waals surface area (Å²) < 4.78 is 7.52. The predicted molar refractivity (Wildman–Crippen MR) is 86.5 cm³/mol. The fraction of sp³-hybridized carbons (Fsp3) is 0.733. The molecule has 0 radical (unpaired) electrons. The van der Waals surface area contributed by atoms with Crippen molar-refractivity contribution in [1.82, 2.24) is 20.4 Å². The Morgan fingerprint density at radius 3 is 3.05 bits per heavy atom. The molecule has 0 aromatic carbocycles. The van der Waals surface area contributed by atoms with E-state index in [0.717, 1.165) is 45.4 Å². The molecule has 3 unspecified atom stereocenters. The molecule has 1 aromatic heterocycles. The van der Waals surface area contributed by atoms with Crippen LogP contribution in [-0.2, 0) is 4.74 Å². The summed E-state index contributed by atoms with van der Waals surface area (Å²) in [5.74, 6) is -0.111. The molecule has 2 fully saturated rings. The van der Waals surface area contributed by atoms with Gasteiger partial charge in [0.05, 0.1) is 18.2 Å². The van der Waals surface area contributed by atoms with E-state index in [0.29, 0.717) is 11.7 Å². The molecule has 2 saturated heterocycles. The van der Waals surface area contributed by atoms with Gasteiger partial charge in [-0.3, -0.25) is 9.48 Å². The highest BCUT2D eigenvalue weighted by molar-refractivity contribution is 5.92. The Morgan fingerprint density at radius 1 is 1.50 bits per heavy atom. The maximum atomic E-state index is 12.2. The molecule has 0 saturated carbocycles. The molecule has 0 aliphatic carbocycles. The summed E-state index contributed by atoms with van der Waals surface area (Å²) >= 11 is 0. The number of aromatic nitrogens is 2. The lowest BCUT2D eigenvalue weighted by molar-refractivity contribution is 0.0709. The molecule has 3 atom stereocenters. The zero-order valence-electron chi connectivity index (χ0n) is 13.0. The summed E-state index contributed by atoms with van der Waals surface area (Å²) in [6, 6.07) is 2.18. The molecule has 7 heteroatoms. The van der Waals surface area contributed by atoms with E-state index in [9.17, 15) is 4.79 Å². The van der Waals surface area contributed by atoms with Crippen molar-refractivity contribution in [2.45, 2.75) is 50.8 Å². The van der Waals surface area contributed by atoms with Gasteiger partial charge in [-0.15, -0.1) is 12.4 Å². The number of nitrogens with zero attached hydrogens (tertiary/aromatic N) is 2. The van der Waals surface area contributed by atoms with Crippen LogP contribution in [0.1, 0.15) is 49.1 Å². The molecule has 124 valence electrons. The molecule has 2 N–H and O–H groups in total. The molecule has 3 heterocycles. The normalized spacial score (nSPS) is 26.2. The van der Waals surface area contributed by atoms with Crippen LogP contribution in [-0.4, -0.2) is 47.5 Å². The van der Waals surface area contributed by atoms with E-state index in [1.54, 1.807) is 6.07 Å². The van der Waals surface area contributed by atoms with Crippen LogP contribution in [0.2, 0.25) is 0 Å². The Bertz CT molecular complexity index is 482. The van der Waals surface area contributed by atoms with E-state index in [1.807, 2.05) is 17.8 Å². The number of hydrogen-bond donors (Lipinski definition) is 2. The van der Waals surface area contributed by atoms with Crippen LogP contribution >= 0.6 is 12.4 Å². The quantitative estimate of drug-likeness (QED) is 0.879. The minimum Gasteiger partial charge on any atom is -0.376 e. The van der Waals surface area contributed by atoms with Gasteiger partial charge in [0.25, 0.3) is 5.91 Å². The van der Waals surface area contributed by atoms with Crippen LogP contribution in [0.3, 0.4) is 0 Å². The first-order valence-electron chi connectivity index (χ1n) is 7.92. The number of piperidine rings is 1. The molecule has 3 rings (SSSR count). The van der Waals surface area contributed by atoms with Crippen LogP contribution in [0, 0.1) is 0 Å². The fourth-order valence-electron chi connectivity index (χ4n) is 3.09. The molecule has 0 bridgehead atoms. The van der Waals surface area contributed by atoms with Gasteiger partial charge in [-0.2, -0.15) is 5.10 Å². The average molecular weight is 329 g/mol. The van der Waals surface area contributed by atoms with Gasteiger partial charge < -0.3 is 15.4 Å². The minimum absolute atomic E-state index is 0. The molecular formula is C15H25ClN4O2. The van der Waals surface area contributed by atoms with Gasteiger partial charge in [-0.25, -0.2) is 0 Å². The van der Waals surface area contributed by atoms with Crippen molar-refractivity contribution in [3.05, 3.63) is 18.0 Å². The third-order valence-electron chi connectivity index (χ3n) is 4.37. The third-order valence-corrected chi connectivity index (χ3v) is 4.37. The van der Waals surface area contributed by atoms with Gasteiger partial charge in [0.2, 0.25) is 0 Å². The van der Waals surface area contributed by atoms with Crippen LogP contribution in [0.4, 0.5) is 0 Å². The predicted octanol–water partition coefficient (Wildman–Crippen LogP) is 1.53. The van der Waals surface area contributed by atoms with E-state index >= 15 is 0 Å². The van der Waals surface area contributed by atoms with E-state index in [4.69, 9.17) is 4.74 Å². The summed E-state index contributed by atoms with van der Waals surface area (Å²) in [4.78, 5) is 12.2. The van der Waals surface area contributed by atoms with E-state index < -0.39 is 0 Å². The maximum Gasteiger partial charge on any atom is 0.272 e. The van der Waals surface area contributed by atoms with Gasteiger partial charge in [-0.1, -0.05) is 0 Å². The van der Waals surface area contributed by atoms with Crippen molar-refractivity contribution in [1.29, 1.82) is 0 Å². The molecule has 2 aliphatic heterocycles. The second-order valence-electron chi connectivity index (χ2n) is 5.99. The monoisotopic (exact) mass is 328 g/mol. The summed E-state index contributed by atoms with van der Waals surface area (Å²) in [6.07, 6.45) is 6.41. The van der Waals surface area contributed by atoms with E-state index in [1.165, 1.54) is 0 Å². The van der Waals surface area contributed by atoms with Gasteiger partial charge in [0.1, 0.15) is 5.69 Å². The molecule has 6 nitrogen and oxygen atoms in total. The van der Waals surface area contributed by atoms with Gasteiger partial charge in [0, 0.05) is 19.3 Å². The Morgan fingerprint density at radius 2 is 2.36 bits per heavy atom. The largest absolute Gasteiger partial charge is 0.376 e. The van der Waals surface area contributed by atoms with Crippen molar-refractivity contribution in [2.24, 2.45) is 0 Å². The van der Waals surface area contributed by atoms with Gasteiger partial charge in [0.15, 0.2) is 0 Å². The molecule has 1 amide bonds. The van der Waals surface area contributed by atoms with E-state index in [2.05, 4.69) is 15.7 Å². The summed E-state index contributed by atoms with van der Waals surface area (Å²) in [5, 5.41) is 10.8. The fourth-order valence-corrected chi connectivity index (χ4v) is 3.09. The first-order valence-corrected chi connectivity index (χ1v) is 7.92. The first kappa shape index (κ1) is 17.2. The second kappa shape index (κ2) is 7.94. The molecule has 0 spiro atoms. The summed E-state index contributed by atoms with van der Waals surface area (Å²) in [6.45, 7) is 4.79. The zero-order chi connectivity index (χ0) is 14.7. The highest BCUT2D eigenvalue weighted by Gasteiger charge is 2.25. The van der Waals surface area contributed by atoms with Crippen molar-refractivity contribution in [3.63, 3.8) is 0 Å². The number of halogens is 1. The van der Waals surface area contributed by atoms with Gasteiger partial charge >= 0.3 is 0 Å². The Labute approximate surface area is 137 Å². The average Bonchev–Trinajstić information content (AvgIpc) is 3.20. The number of nitrogens with one attached hydrogen (secondary N) is 2. The highest BCUT2D eigenvalue weighted by atomic mass is 35.5. The zero-order valence-corrected chi connectivity index (χ0v) is 13.8. The number of carbonyl (C=O) groups is 1. The number of rotatable bonds is 4. The smallest absolute Gasteiger partial charge is 0.272 e. The molecule has 22 heavy (non-hydrogen) atoms. The number of amides is 1. The third kappa shape index (κ3) is 4.00. The lowest BCUT2D eigenvalue weighted by Crippen LogP contribution is -2.41. The Kier molecular flexibility index (Phi) is 6.23. The standard InChI is InChI=1S/C15H24N4O2.ClH/c1-11(14-5-3-9-21-14)17-15(20)13-6-8-19(18-13)12-4-2-7-16-10-12;/h6,8,11-12,14,16H,2-5,7,9-10H2,1H3,(H,17,20);1H. The number of ether oxygens (including phenoxy) is 1.